The summed E-state index contributed by atoms with van der Waals surface area (Å²) in [7, 11) is 0. The van der Waals surface area contributed by atoms with Gasteiger partial charge in [-0.25, -0.2) is 0 Å². The van der Waals surface area contributed by atoms with Gasteiger partial charge in [-0.05, 0) is 32.1 Å². The molecule has 0 aliphatic heterocycles. The summed E-state index contributed by atoms with van der Waals surface area (Å²) in [6.07, 6.45) is 6.71. The van der Waals surface area contributed by atoms with Crippen molar-refractivity contribution in [3.8, 4) is 0 Å². The molecule has 0 saturated carbocycles. The molecule has 0 saturated heterocycles. The van der Waals surface area contributed by atoms with Crippen LogP contribution in [0.2, 0.25) is 0 Å². The van der Waals surface area contributed by atoms with Gasteiger partial charge in [0.05, 0.1) is 0 Å². The first kappa shape index (κ1) is 11.7. The maximum atomic E-state index is 8.61. The van der Waals surface area contributed by atoms with Crippen LogP contribution < -0.4 is 0 Å². The smallest absolute Gasteiger partial charge is 0.0434 e. The molecule has 1 N–H and O–H groups in total. The van der Waals surface area contributed by atoms with Crippen molar-refractivity contribution in [3.05, 3.63) is 11.6 Å². The molecule has 0 aliphatic rings. The van der Waals surface area contributed by atoms with E-state index in [4.69, 9.17) is 5.11 Å². The summed E-state index contributed by atoms with van der Waals surface area (Å²) in [5, 5.41) is 8.61. The van der Waals surface area contributed by atoms with E-state index in [-0.39, 0.29) is 0 Å². The predicted molar refractivity (Wildman–Crippen MR) is 54.1 cm³/mol. The van der Waals surface area contributed by atoms with E-state index >= 15 is 0 Å². The minimum Gasteiger partial charge on any atom is -0.396 e. The summed E-state index contributed by atoms with van der Waals surface area (Å²) in [6.45, 7) is 6.96. The first-order valence-electron chi connectivity index (χ1n) is 4.97. The SMILES string of the molecule is CCC(C)CC=C(C)CCCO. The van der Waals surface area contributed by atoms with Crippen molar-refractivity contribution in [2.24, 2.45) is 5.92 Å². The molecule has 0 aliphatic carbocycles. The van der Waals surface area contributed by atoms with Crippen LogP contribution >= 0.6 is 0 Å². The van der Waals surface area contributed by atoms with Crippen LogP contribution in [0, 0.1) is 5.92 Å². The Morgan fingerprint density at radius 2 is 2.17 bits per heavy atom. The van der Waals surface area contributed by atoms with Gasteiger partial charge < -0.3 is 5.11 Å². The Labute approximate surface area is 76.5 Å². The third-order valence-electron chi connectivity index (χ3n) is 2.29. The minimum atomic E-state index is 0.314. The molecule has 0 bridgehead atoms. The van der Waals surface area contributed by atoms with Gasteiger partial charge in [0.2, 0.25) is 0 Å². The molecule has 1 unspecified atom stereocenters. The molecule has 0 spiro atoms. The van der Waals surface area contributed by atoms with E-state index in [1.807, 2.05) is 0 Å². The number of allylic oxidation sites excluding steroid dienone is 2. The molecule has 72 valence electrons. The largest absolute Gasteiger partial charge is 0.396 e. The zero-order chi connectivity index (χ0) is 9.40. The molecule has 0 radical (unpaired) electrons. The second kappa shape index (κ2) is 7.35. The lowest BCUT2D eigenvalue weighted by Crippen LogP contribution is -1.90. The van der Waals surface area contributed by atoms with Gasteiger partial charge in [0, 0.05) is 6.61 Å². The zero-order valence-electron chi connectivity index (χ0n) is 8.64. The second-order valence-corrected chi connectivity index (χ2v) is 3.63. The van der Waals surface area contributed by atoms with Crippen LogP contribution in [-0.2, 0) is 0 Å². The molecule has 0 heterocycles. The van der Waals surface area contributed by atoms with Gasteiger partial charge in [-0.2, -0.15) is 0 Å². The molecule has 1 heteroatoms. The molecule has 1 atom stereocenters. The lowest BCUT2D eigenvalue weighted by molar-refractivity contribution is 0.288. The molecule has 0 fully saturated rings. The summed E-state index contributed by atoms with van der Waals surface area (Å²) in [5.41, 5.74) is 1.42. The van der Waals surface area contributed by atoms with Gasteiger partial charge in [0.1, 0.15) is 0 Å². The fourth-order valence-electron chi connectivity index (χ4n) is 1.03. The van der Waals surface area contributed by atoms with Gasteiger partial charge in [0.25, 0.3) is 0 Å². The molecule has 0 rings (SSSR count). The van der Waals surface area contributed by atoms with Gasteiger partial charge in [-0.1, -0.05) is 31.9 Å². The summed E-state index contributed by atoms with van der Waals surface area (Å²) in [4.78, 5) is 0. The first-order valence-corrected chi connectivity index (χ1v) is 4.97. The molecular weight excluding hydrogens is 148 g/mol. The van der Waals surface area contributed by atoms with Crippen LogP contribution in [0.1, 0.15) is 46.5 Å². The third-order valence-corrected chi connectivity index (χ3v) is 2.29. The lowest BCUT2D eigenvalue weighted by atomic mass is 10.0. The predicted octanol–water partition coefficient (Wildman–Crippen LogP) is 3.14. The van der Waals surface area contributed by atoms with Gasteiger partial charge in [-0.3, -0.25) is 0 Å². The van der Waals surface area contributed by atoms with Gasteiger partial charge in [0.15, 0.2) is 0 Å². The molecule has 12 heavy (non-hydrogen) atoms. The topological polar surface area (TPSA) is 20.2 Å². The Morgan fingerprint density at radius 3 is 2.67 bits per heavy atom. The highest BCUT2D eigenvalue weighted by Gasteiger charge is 1.95. The summed E-state index contributed by atoms with van der Waals surface area (Å²) < 4.78 is 0. The van der Waals surface area contributed by atoms with Crippen molar-refractivity contribution >= 4 is 0 Å². The number of hydrogen-bond donors (Lipinski definition) is 1. The van der Waals surface area contributed by atoms with Crippen molar-refractivity contribution in [2.45, 2.75) is 46.5 Å². The second-order valence-electron chi connectivity index (χ2n) is 3.63. The Bertz CT molecular complexity index is 127. The van der Waals surface area contributed by atoms with Crippen molar-refractivity contribution in [2.75, 3.05) is 6.61 Å². The standard InChI is InChI=1S/C11H22O/c1-4-10(2)7-8-11(3)6-5-9-12/h8,10,12H,4-7,9H2,1-3H3. The van der Waals surface area contributed by atoms with E-state index in [0.29, 0.717) is 6.61 Å². The number of hydrogen-bond acceptors (Lipinski definition) is 1. The Kier molecular flexibility index (Phi) is 7.17. The number of aliphatic hydroxyl groups excluding tert-OH is 1. The maximum Gasteiger partial charge on any atom is 0.0434 e. The highest BCUT2D eigenvalue weighted by molar-refractivity contribution is 4.98. The minimum absolute atomic E-state index is 0.314. The highest BCUT2D eigenvalue weighted by atomic mass is 16.2. The molecule has 0 aromatic carbocycles. The highest BCUT2D eigenvalue weighted by Crippen LogP contribution is 2.11. The monoisotopic (exact) mass is 170 g/mol. The average Bonchev–Trinajstić information content (AvgIpc) is 2.10. The van der Waals surface area contributed by atoms with E-state index in [9.17, 15) is 0 Å². The van der Waals surface area contributed by atoms with Crippen molar-refractivity contribution in [1.82, 2.24) is 0 Å². The van der Waals surface area contributed by atoms with E-state index in [1.54, 1.807) is 0 Å². The number of aliphatic hydroxyl groups is 1. The molecular formula is C11H22O. The van der Waals surface area contributed by atoms with Gasteiger partial charge in [-0.15, -0.1) is 0 Å². The summed E-state index contributed by atoms with van der Waals surface area (Å²) in [6, 6.07) is 0. The average molecular weight is 170 g/mol. The van der Waals surface area contributed by atoms with Gasteiger partial charge >= 0.3 is 0 Å². The fraction of sp³-hybridized carbons (Fsp3) is 0.818. The van der Waals surface area contributed by atoms with Crippen LogP contribution in [-0.4, -0.2) is 11.7 Å². The van der Waals surface area contributed by atoms with Crippen LogP contribution in [0.25, 0.3) is 0 Å². The normalized spacial score (nSPS) is 14.8. The lowest BCUT2D eigenvalue weighted by Gasteiger charge is -2.05. The Morgan fingerprint density at radius 1 is 1.50 bits per heavy atom. The van der Waals surface area contributed by atoms with E-state index in [2.05, 4.69) is 26.8 Å². The van der Waals surface area contributed by atoms with E-state index in [1.165, 1.54) is 18.4 Å². The zero-order valence-corrected chi connectivity index (χ0v) is 8.64. The quantitative estimate of drug-likeness (QED) is 0.607. The Balaban J connectivity index is 3.53. The van der Waals surface area contributed by atoms with Crippen molar-refractivity contribution in [3.63, 3.8) is 0 Å². The number of rotatable bonds is 6. The molecule has 1 nitrogen and oxygen atoms in total. The van der Waals surface area contributed by atoms with Crippen LogP contribution in [0.3, 0.4) is 0 Å². The van der Waals surface area contributed by atoms with Crippen LogP contribution in [0.15, 0.2) is 11.6 Å². The summed E-state index contributed by atoms with van der Waals surface area (Å²) >= 11 is 0. The summed E-state index contributed by atoms with van der Waals surface area (Å²) in [5.74, 6) is 0.800. The van der Waals surface area contributed by atoms with Crippen molar-refractivity contribution in [1.29, 1.82) is 0 Å². The maximum absolute atomic E-state index is 8.61. The fourth-order valence-corrected chi connectivity index (χ4v) is 1.03. The third kappa shape index (κ3) is 6.41. The van der Waals surface area contributed by atoms with Crippen LogP contribution in [0.5, 0.6) is 0 Å². The molecule has 0 amide bonds. The molecule has 0 aromatic rings. The molecule has 0 aromatic heterocycles. The first-order chi connectivity index (χ1) is 5.70. The van der Waals surface area contributed by atoms with Crippen molar-refractivity contribution < 1.29 is 5.11 Å². The van der Waals surface area contributed by atoms with E-state index < -0.39 is 0 Å². The van der Waals surface area contributed by atoms with E-state index in [0.717, 1.165) is 18.8 Å². The Hall–Kier alpha value is -0.300. The van der Waals surface area contributed by atoms with Crippen LogP contribution in [0.4, 0.5) is 0 Å².